The molecule has 2 heterocycles. The van der Waals surface area contributed by atoms with Gasteiger partial charge in [0.1, 0.15) is 0 Å². The minimum Gasteiger partial charge on any atom is -0.316 e. The molecule has 0 saturated carbocycles. The van der Waals surface area contributed by atoms with Crippen molar-refractivity contribution >= 4 is 17.2 Å². The van der Waals surface area contributed by atoms with Gasteiger partial charge in [0.15, 0.2) is 0 Å². The van der Waals surface area contributed by atoms with Crippen molar-refractivity contribution in [3.8, 4) is 22.3 Å². The first-order valence-corrected chi connectivity index (χ1v) is 18.7. The summed E-state index contributed by atoms with van der Waals surface area (Å²) in [7, 11) is 3.21. The number of rotatable bonds is 7. The molecule has 6 rings (SSSR count). The van der Waals surface area contributed by atoms with E-state index in [0.717, 1.165) is 32.3 Å². The Balaban J connectivity index is 0.000000700. The van der Waals surface area contributed by atoms with Crippen LogP contribution in [0.15, 0.2) is 97.1 Å². The Kier molecular flexibility index (Phi) is 12.5. The molecule has 0 aromatic heterocycles. The molecule has 2 saturated heterocycles. The smallest absolute Gasteiger partial charge is 0.316 e. The molecule has 2 aliphatic rings. The molecular formula is C40H54FeN2P2. The Bertz CT molecular complexity index is 1370. The van der Waals surface area contributed by atoms with Crippen molar-refractivity contribution in [3.05, 3.63) is 108 Å². The molecule has 242 valence electrons. The first kappa shape index (κ1) is 36.3. The normalized spacial score (nSPS) is 19.9. The van der Waals surface area contributed by atoms with Crippen LogP contribution in [0.2, 0.25) is 0 Å². The third kappa shape index (κ3) is 8.30. The topological polar surface area (TPSA) is 24.1 Å². The molecule has 3 atom stereocenters. The second-order valence-electron chi connectivity index (χ2n) is 14.8. The minimum absolute atomic E-state index is 0. The Hall–Kier alpha value is -1.56. The minimum atomic E-state index is -0.309. The molecule has 2 aliphatic heterocycles. The SMILES string of the molecule is CC(C)(C)P(Cc1c(C(P)(C2CCNC2)C2CCNC2)cc(-c2ccccc2)[c-]1-c1ccccc1)C(C)(C)C.[Fe+2].c1cc[cH-]c1. The van der Waals surface area contributed by atoms with Crippen LogP contribution in [-0.2, 0) is 28.4 Å². The van der Waals surface area contributed by atoms with E-state index in [0.29, 0.717) is 11.8 Å². The van der Waals surface area contributed by atoms with Gasteiger partial charge in [-0.3, -0.25) is 0 Å². The molecular weight excluding hydrogens is 626 g/mol. The van der Waals surface area contributed by atoms with Crippen LogP contribution in [0.25, 0.3) is 22.3 Å². The Morgan fingerprint density at radius 2 is 1.29 bits per heavy atom. The largest absolute Gasteiger partial charge is 2.00 e. The standard InChI is InChI=1S/C35H49N2P2.C5H5.Fe/c1-33(2,3)39(34(4,5)6)24-30-31(35(38,27-17-19-36-22-27)28-18-20-37-23-28)21-29(25-13-9-7-10-14-25)32(30)26-15-11-8-12-16-26;1-2-4-5-3-1;/h7-16,21,27-28,36-37H,17-20,22-24,38H2,1-6H3;1-5H;/q2*-1;+2. The predicted molar refractivity (Wildman–Crippen MR) is 198 cm³/mol. The van der Waals surface area contributed by atoms with Gasteiger partial charge in [0, 0.05) is 0 Å². The van der Waals surface area contributed by atoms with E-state index in [-0.39, 0.29) is 40.5 Å². The van der Waals surface area contributed by atoms with Gasteiger partial charge in [0.25, 0.3) is 0 Å². The second-order valence-corrected chi connectivity index (χ2v) is 19.6. The molecule has 0 bridgehead atoms. The maximum absolute atomic E-state index is 3.74. The van der Waals surface area contributed by atoms with E-state index in [1.807, 2.05) is 30.3 Å². The van der Waals surface area contributed by atoms with E-state index in [9.17, 15) is 0 Å². The summed E-state index contributed by atoms with van der Waals surface area (Å²) in [5.74, 6) is 1.24. The molecule has 3 unspecified atom stereocenters. The van der Waals surface area contributed by atoms with Gasteiger partial charge in [-0.25, -0.2) is 12.1 Å². The molecule has 0 aliphatic carbocycles. The van der Waals surface area contributed by atoms with Crippen LogP contribution >= 0.6 is 17.2 Å². The second kappa shape index (κ2) is 15.6. The van der Waals surface area contributed by atoms with Gasteiger partial charge in [-0.15, -0.1) is 38.6 Å². The summed E-state index contributed by atoms with van der Waals surface area (Å²) in [6.45, 7) is 19.3. The fourth-order valence-electron chi connectivity index (χ4n) is 7.79. The van der Waals surface area contributed by atoms with Gasteiger partial charge in [-0.1, -0.05) is 120 Å². The van der Waals surface area contributed by atoms with E-state index in [2.05, 4.69) is 128 Å². The van der Waals surface area contributed by atoms with Crippen molar-refractivity contribution in [1.29, 1.82) is 0 Å². The first-order chi connectivity index (χ1) is 21.0. The molecule has 4 aromatic rings. The fourth-order valence-corrected chi connectivity index (χ4v) is 12.2. The van der Waals surface area contributed by atoms with Crippen LogP contribution < -0.4 is 10.6 Å². The van der Waals surface area contributed by atoms with Crippen molar-refractivity contribution in [3.63, 3.8) is 0 Å². The number of nitrogens with one attached hydrogen (secondary N) is 2. The van der Waals surface area contributed by atoms with Crippen LogP contribution in [-0.4, -0.2) is 36.5 Å². The summed E-state index contributed by atoms with van der Waals surface area (Å²) < 4.78 is 0. The first-order valence-electron chi connectivity index (χ1n) is 16.6. The van der Waals surface area contributed by atoms with Crippen LogP contribution in [0, 0.1) is 11.8 Å². The van der Waals surface area contributed by atoms with Gasteiger partial charge in [0.2, 0.25) is 0 Å². The van der Waals surface area contributed by atoms with Crippen LogP contribution in [0.3, 0.4) is 0 Å². The van der Waals surface area contributed by atoms with Gasteiger partial charge in [-0.2, -0.15) is 18.2 Å². The number of benzene rings is 2. The van der Waals surface area contributed by atoms with E-state index in [1.54, 1.807) is 11.1 Å². The van der Waals surface area contributed by atoms with Gasteiger partial charge < -0.3 is 10.6 Å². The van der Waals surface area contributed by atoms with Crippen molar-refractivity contribution in [2.45, 2.75) is 76.0 Å². The monoisotopic (exact) mass is 680 g/mol. The van der Waals surface area contributed by atoms with Crippen molar-refractivity contribution in [2.75, 3.05) is 26.2 Å². The fraction of sp³-hybridized carbons (Fsp3) is 0.450. The molecule has 0 radical (unpaired) electrons. The molecule has 2 fully saturated rings. The average Bonchev–Trinajstić information content (AvgIpc) is 3.83. The summed E-state index contributed by atoms with van der Waals surface area (Å²) in [4.78, 5) is 0. The molecule has 0 spiro atoms. The quantitative estimate of drug-likeness (QED) is 0.115. The van der Waals surface area contributed by atoms with E-state index in [1.165, 1.54) is 35.1 Å². The summed E-state index contributed by atoms with van der Waals surface area (Å²) in [5, 5.41) is 8.04. The Morgan fingerprint density at radius 1 is 0.778 bits per heavy atom. The molecule has 2 nitrogen and oxygen atoms in total. The summed E-state index contributed by atoms with van der Waals surface area (Å²) in [6.07, 6.45) is 3.66. The summed E-state index contributed by atoms with van der Waals surface area (Å²) >= 11 is 0. The van der Waals surface area contributed by atoms with E-state index < -0.39 is 0 Å². The zero-order valence-corrected chi connectivity index (χ0v) is 31.4. The average molecular weight is 681 g/mol. The zero-order chi connectivity index (χ0) is 31.4. The third-order valence-electron chi connectivity index (χ3n) is 9.76. The maximum Gasteiger partial charge on any atom is 2.00 e. The van der Waals surface area contributed by atoms with Gasteiger partial charge in [-0.05, 0) is 72.5 Å². The van der Waals surface area contributed by atoms with E-state index in [4.69, 9.17) is 0 Å². The summed E-state index contributed by atoms with van der Waals surface area (Å²) in [6, 6.07) is 35.1. The van der Waals surface area contributed by atoms with Crippen molar-refractivity contribution < 1.29 is 17.1 Å². The molecule has 2 N–H and O–H groups in total. The maximum atomic E-state index is 3.74. The molecule has 5 heteroatoms. The van der Waals surface area contributed by atoms with E-state index >= 15 is 0 Å². The van der Waals surface area contributed by atoms with Crippen LogP contribution in [0.4, 0.5) is 0 Å². The number of hydrogen-bond acceptors (Lipinski definition) is 2. The third-order valence-corrected chi connectivity index (χ3v) is 14.9. The summed E-state index contributed by atoms with van der Waals surface area (Å²) in [5.41, 5.74) is 8.80. The Labute approximate surface area is 288 Å². The van der Waals surface area contributed by atoms with Crippen molar-refractivity contribution in [2.24, 2.45) is 11.8 Å². The predicted octanol–water partition coefficient (Wildman–Crippen LogP) is 10.0. The molecule has 45 heavy (non-hydrogen) atoms. The zero-order valence-electron chi connectivity index (χ0n) is 28.2. The van der Waals surface area contributed by atoms with Gasteiger partial charge >= 0.3 is 17.1 Å². The van der Waals surface area contributed by atoms with Gasteiger partial charge in [0.05, 0.1) is 0 Å². The van der Waals surface area contributed by atoms with Crippen molar-refractivity contribution in [1.82, 2.24) is 10.6 Å². The number of hydrogen-bond donors (Lipinski definition) is 2. The van der Waals surface area contributed by atoms with Crippen LogP contribution in [0.1, 0.15) is 65.5 Å². The van der Waals surface area contributed by atoms with Crippen LogP contribution in [0.5, 0.6) is 0 Å². The molecule has 0 amide bonds. The Morgan fingerprint density at radius 3 is 1.71 bits per heavy atom. The molecule has 4 aromatic carbocycles.